The van der Waals surface area contributed by atoms with Gasteiger partial charge in [0.2, 0.25) is 0 Å². The molecule has 2 aromatic carbocycles. The molecule has 0 bridgehead atoms. The third kappa shape index (κ3) is 3.10. The van der Waals surface area contributed by atoms with Crippen molar-refractivity contribution in [2.24, 2.45) is 0 Å². The minimum atomic E-state index is -1.24. The number of urea groups is 1. The quantitative estimate of drug-likeness (QED) is 0.667. The van der Waals surface area contributed by atoms with Crippen molar-refractivity contribution in [3.63, 3.8) is 0 Å². The Hall–Kier alpha value is -3.15. The predicted octanol–water partition coefficient (Wildman–Crippen LogP) is 1.85. The molecule has 1 aliphatic heterocycles. The van der Waals surface area contributed by atoms with E-state index in [1.807, 2.05) is 48.5 Å². The molecule has 0 unspecified atom stereocenters. The van der Waals surface area contributed by atoms with E-state index in [1.165, 1.54) is 7.11 Å². The summed E-state index contributed by atoms with van der Waals surface area (Å²) < 4.78 is 4.59. The molecule has 3 rings (SSSR count). The van der Waals surface area contributed by atoms with E-state index in [2.05, 4.69) is 10.1 Å². The van der Waals surface area contributed by atoms with Crippen LogP contribution >= 0.6 is 0 Å². The van der Waals surface area contributed by atoms with Crippen LogP contribution in [0.15, 0.2) is 60.7 Å². The van der Waals surface area contributed by atoms with Crippen molar-refractivity contribution in [2.75, 3.05) is 13.7 Å². The SMILES string of the molecule is COC(=O)CN1C(=O)N[C@](Cc2ccccc2)(c2ccccc2)C1=O. The summed E-state index contributed by atoms with van der Waals surface area (Å²) in [5.41, 5.74) is 0.331. The van der Waals surface area contributed by atoms with E-state index in [-0.39, 0.29) is 0 Å². The number of hydrogen-bond donors (Lipinski definition) is 1. The fourth-order valence-electron chi connectivity index (χ4n) is 3.01. The molecule has 1 fully saturated rings. The third-order valence-corrected chi connectivity index (χ3v) is 4.27. The second kappa shape index (κ2) is 6.76. The van der Waals surface area contributed by atoms with Gasteiger partial charge in [0.05, 0.1) is 7.11 Å². The molecule has 0 radical (unpaired) electrons. The van der Waals surface area contributed by atoms with Gasteiger partial charge >= 0.3 is 12.0 Å². The number of nitrogens with zero attached hydrogens (tertiary/aromatic N) is 1. The molecule has 0 spiro atoms. The lowest BCUT2D eigenvalue weighted by molar-refractivity contribution is -0.145. The molecular formula is C19H18N2O4. The normalized spacial score (nSPS) is 19.6. The average Bonchev–Trinajstić information content (AvgIpc) is 2.88. The molecule has 1 saturated heterocycles. The Morgan fingerprint density at radius 2 is 1.64 bits per heavy atom. The Morgan fingerprint density at radius 3 is 2.24 bits per heavy atom. The number of ether oxygens (including phenoxy) is 1. The average molecular weight is 338 g/mol. The second-order valence-electron chi connectivity index (χ2n) is 5.83. The number of amides is 3. The molecular weight excluding hydrogens is 320 g/mol. The first kappa shape index (κ1) is 16.7. The molecule has 128 valence electrons. The summed E-state index contributed by atoms with van der Waals surface area (Å²) in [5, 5.41) is 2.79. The molecule has 0 saturated carbocycles. The van der Waals surface area contributed by atoms with E-state index in [9.17, 15) is 14.4 Å². The van der Waals surface area contributed by atoms with Crippen molar-refractivity contribution in [1.29, 1.82) is 0 Å². The number of benzene rings is 2. The first-order valence-electron chi connectivity index (χ1n) is 7.87. The fourth-order valence-corrected chi connectivity index (χ4v) is 3.01. The minimum absolute atomic E-state index is 0.292. The van der Waals surface area contributed by atoms with E-state index in [0.717, 1.165) is 10.5 Å². The van der Waals surface area contributed by atoms with Crippen LogP contribution in [0.2, 0.25) is 0 Å². The zero-order chi connectivity index (χ0) is 17.9. The number of carbonyl (C=O) groups is 3. The van der Waals surface area contributed by atoms with Gasteiger partial charge in [-0.25, -0.2) is 4.79 Å². The summed E-state index contributed by atoms with van der Waals surface area (Å²) >= 11 is 0. The molecule has 2 aromatic rings. The van der Waals surface area contributed by atoms with Crippen molar-refractivity contribution < 1.29 is 19.1 Å². The molecule has 3 amide bonds. The highest BCUT2D eigenvalue weighted by molar-refractivity contribution is 6.09. The number of carbonyl (C=O) groups excluding carboxylic acids is 3. The van der Waals surface area contributed by atoms with Crippen LogP contribution in [0.4, 0.5) is 4.79 Å². The van der Waals surface area contributed by atoms with Gasteiger partial charge in [-0.05, 0) is 11.1 Å². The number of esters is 1. The van der Waals surface area contributed by atoms with Crippen LogP contribution in [-0.4, -0.2) is 36.5 Å². The Labute approximate surface area is 145 Å². The number of hydrogen-bond acceptors (Lipinski definition) is 4. The second-order valence-corrected chi connectivity index (χ2v) is 5.83. The number of methoxy groups -OCH3 is 1. The van der Waals surface area contributed by atoms with Gasteiger partial charge in [0.15, 0.2) is 5.54 Å². The molecule has 1 atom stereocenters. The van der Waals surface area contributed by atoms with E-state index in [4.69, 9.17) is 0 Å². The van der Waals surface area contributed by atoms with Gasteiger partial charge in [-0.1, -0.05) is 60.7 Å². The molecule has 1 heterocycles. The largest absolute Gasteiger partial charge is 0.468 e. The van der Waals surface area contributed by atoms with Crippen LogP contribution in [0.5, 0.6) is 0 Å². The maximum atomic E-state index is 13.1. The fraction of sp³-hybridized carbons (Fsp3) is 0.211. The summed E-state index contributed by atoms with van der Waals surface area (Å²) in [4.78, 5) is 38.0. The molecule has 0 aromatic heterocycles. The van der Waals surface area contributed by atoms with E-state index in [0.29, 0.717) is 12.0 Å². The van der Waals surface area contributed by atoms with E-state index >= 15 is 0 Å². The first-order chi connectivity index (χ1) is 12.1. The highest BCUT2D eigenvalue weighted by Crippen LogP contribution is 2.32. The summed E-state index contributed by atoms with van der Waals surface area (Å²) in [6, 6.07) is 17.9. The number of imide groups is 1. The van der Waals surface area contributed by atoms with Crippen LogP contribution in [0, 0.1) is 0 Å². The van der Waals surface area contributed by atoms with Gasteiger partial charge < -0.3 is 10.1 Å². The number of nitrogens with one attached hydrogen (secondary N) is 1. The van der Waals surface area contributed by atoms with Gasteiger partial charge in [0.1, 0.15) is 6.54 Å². The Morgan fingerprint density at radius 1 is 1.04 bits per heavy atom. The Kier molecular flexibility index (Phi) is 4.52. The van der Waals surface area contributed by atoms with Gasteiger partial charge in [0, 0.05) is 6.42 Å². The predicted molar refractivity (Wildman–Crippen MR) is 90.5 cm³/mol. The van der Waals surface area contributed by atoms with Crippen molar-refractivity contribution in [1.82, 2.24) is 10.2 Å². The van der Waals surface area contributed by atoms with Crippen LogP contribution in [0.1, 0.15) is 11.1 Å². The molecule has 6 nitrogen and oxygen atoms in total. The van der Waals surface area contributed by atoms with Gasteiger partial charge in [0.25, 0.3) is 5.91 Å². The molecule has 0 aliphatic carbocycles. The van der Waals surface area contributed by atoms with Gasteiger partial charge in [-0.15, -0.1) is 0 Å². The van der Waals surface area contributed by atoms with E-state index < -0.39 is 30.0 Å². The van der Waals surface area contributed by atoms with Crippen molar-refractivity contribution in [3.05, 3.63) is 71.8 Å². The smallest absolute Gasteiger partial charge is 0.325 e. The molecule has 1 aliphatic rings. The maximum absolute atomic E-state index is 13.1. The Bertz CT molecular complexity index is 792. The standard InChI is InChI=1S/C19H18N2O4/c1-25-16(22)13-21-17(23)19(20-18(21)24,15-10-6-3-7-11-15)12-14-8-4-2-5-9-14/h2-11H,12-13H2,1H3,(H,20,24)/t19-/m1/s1. The topological polar surface area (TPSA) is 75.7 Å². The lowest BCUT2D eigenvalue weighted by atomic mass is 9.83. The third-order valence-electron chi connectivity index (χ3n) is 4.27. The van der Waals surface area contributed by atoms with Crippen LogP contribution in [0.3, 0.4) is 0 Å². The van der Waals surface area contributed by atoms with Crippen molar-refractivity contribution in [3.8, 4) is 0 Å². The van der Waals surface area contributed by atoms with Crippen molar-refractivity contribution >= 4 is 17.9 Å². The minimum Gasteiger partial charge on any atom is -0.468 e. The molecule has 1 N–H and O–H groups in total. The zero-order valence-corrected chi connectivity index (χ0v) is 13.8. The maximum Gasteiger partial charge on any atom is 0.325 e. The molecule has 6 heteroatoms. The van der Waals surface area contributed by atoms with Crippen LogP contribution in [0.25, 0.3) is 0 Å². The highest BCUT2D eigenvalue weighted by Gasteiger charge is 2.52. The Balaban J connectivity index is 2.02. The van der Waals surface area contributed by atoms with E-state index in [1.54, 1.807) is 12.1 Å². The highest BCUT2D eigenvalue weighted by atomic mass is 16.5. The van der Waals surface area contributed by atoms with Gasteiger partial charge in [-0.3, -0.25) is 14.5 Å². The number of rotatable bonds is 5. The summed E-state index contributed by atoms with van der Waals surface area (Å²) in [7, 11) is 1.22. The molecule has 25 heavy (non-hydrogen) atoms. The van der Waals surface area contributed by atoms with Crippen molar-refractivity contribution in [2.45, 2.75) is 12.0 Å². The summed E-state index contributed by atoms with van der Waals surface area (Å²) in [6.45, 7) is -0.412. The van der Waals surface area contributed by atoms with Crippen LogP contribution < -0.4 is 5.32 Å². The first-order valence-corrected chi connectivity index (χ1v) is 7.87. The summed E-state index contributed by atoms with van der Waals surface area (Å²) in [5.74, 6) is -1.11. The zero-order valence-electron chi connectivity index (χ0n) is 13.8. The van der Waals surface area contributed by atoms with Crippen LogP contribution in [-0.2, 0) is 26.3 Å². The van der Waals surface area contributed by atoms with Gasteiger partial charge in [-0.2, -0.15) is 0 Å². The monoisotopic (exact) mass is 338 g/mol. The lowest BCUT2D eigenvalue weighted by Crippen LogP contribution is -2.46. The lowest BCUT2D eigenvalue weighted by Gasteiger charge is -2.27. The summed E-state index contributed by atoms with van der Waals surface area (Å²) in [6.07, 6.45) is 0.292.